The van der Waals surface area contributed by atoms with Crippen LogP contribution in [0.2, 0.25) is 0 Å². The number of carbonyl (C=O) groups excluding carboxylic acids is 2. The first-order chi connectivity index (χ1) is 9.08. The van der Waals surface area contributed by atoms with Gasteiger partial charge in [0.2, 0.25) is 5.91 Å². The van der Waals surface area contributed by atoms with Crippen LogP contribution < -0.4 is 11.1 Å². The van der Waals surface area contributed by atoms with Crippen molar-refractivity contribution in [3.63, 3.8) is 0 Å². The van der Waals surface area contributed by atoms with Gasteiger partial charge in [0, 0.05) is 5.75 Å². The second-order valence-corrected chi connectivity index (χ2v) is 5.41. The van der Waals surface area contributed by atoms with Crippen LogP contribution in [-0.4, -0.2) is 36.5 Å². The molecular formula is C11H13N3O3S2. The fourth-order valence-electron chi connectivity index (χ4n) is 1.15. The van der Waals surface area contributed by atoms with Crippen LogP contribution in [0.4, 0.5) is 5.00 Å². The van der Waals surface area contributed by atoms with Gasteiger partial charge < -0.3 is 15.8 Å². The number of rotatable bonds is 6. The van der Waals surface area contributed by atoms with Crippen LogP contribution in [-0.2, 0) is 14.3 Å². The average molecular weight is 299 g/mol. The molecular weight excluding hydrogens is 286 g/mol. The van der Waals surface area contributed by atoms with Gasteiger partial charge in [-0.3, -0.25) is 9.59 Å². The number of ether oxygens (including phenoxy) is 1. The highest BCUT2D eigenvalue weighted by atomic mass is 32.2. The standard InChI is InChI=1S/C11H13N3O3S2/c1-17-11(16)8(13)5-18-6-9(15)14-10-7(4-12)2-3-19-10/h2-3,8H,5-6,13H2,1H3,(H,14,15). The van der Waals surface area contributed by atoms with E-state index in [4.69, 9.17) is 11.0 Å². The monoisotopic (exact) mass is 299 g/mol. The molecule has 1 amide bonds. The summed E-state index contributed by atoms with van der Waals surface area (Å²) in [5.41, 5.74) is 5.97. The van der Waals surface area contributed by atoms with Crippen molar-refractivity contribution in [2.75, 3.05) is 23.9 Å². The van der Waals surface area contributed by atoms with E-state index in [-0.39, 0.29) is 11.7 Å². The molecule has 19 heavy (non-hydrogen) atoms. The Bertz CT molecular complexity index is 496. The summed E-state index contributed by atoms with van der Waals surface area (Å²) in [5.74, 6) is -0.276. The van der Waals surface area contributed by atoms with Crippen LogP contribution >= 0.6 is 23.1 Å². The fraction of sp³-hybridized carbons (Fsp3) is 0.364. The van der Waals surface area contributed by atoms with Crippen molar-refractivity contribution in [2.24, 2.45) is 5.73 Å². The summed E-state index contributed by atoms with van der Waals surface area (Å²) in [6.07, 6.45) is 0. The first kappa shape index (κ1) is 15.5. The van der Waals surface area contributed by atoms with E-state index < -0.39 is 12.0 Å². The van der Waals surface area contributed by atoms with Gasteiger partial charge in [0.25, 0.3) is 0 Å². The average Bonchev–Trinajstić information content (AvgIpc) is 2.84. The first-order valence-electron chi connectivity index (χ1n) is 5.27. The minimum atomic E-state index is -0.737. The number of nitrogens with zero attached hydrogens (tertiary/aromatic N) is 1. The second kappa shape index (κ2) is 7.78. The summed E-state index contributed by atoms with van der Waals surface area (Å²) in [5, 5.41) is 13.7. The van der Waals surface area contributed by atoms with E-state index in [1.54, 1.807) is 11.4 Å². The normalized spacial score (nSPS) is 11.4. The molecule has 1 unspecified atom stereocenters. The third kappa shape index (κ3) is 4.90. The van der Waals surface area contributed by atoms with Crippen molar-refractivity contribution in [3.05, 3.63) is 17.0 Å². The Kier molecular flexibility index (Phi) is 6.35. The van der Waals surface area contributed by atoms with Gasteiger partial charge in [0.1, 0.15) is 17.1 Å². The number of thioether (sulfide) groups is 1. The number of nitrogens with two attached hydrogens (primary N) is 1. The fourth-order valence-corrected chi connectivity index (χ4v) is 2.67. The lowest BCUT2D eigenvalue weighted by atomic mass is 10.3. The number of nitriles is 1. The summed E-state index contributed by atoms with van der Waals surface area (Å²) < 4.78 is 4.47. The highest BCUT2D eigenvalue weighted by molar-refractivity contribution is 8.00. The third-order valence-corrected chi connectivity index (χ3v) is 3.96. The van der Waals surface area contributed by atoms with E-state index in [0.29, 0.717) is 16.3 Å². The highest BCUT2D eigenvalue weighted by Gasteiger charge is 2.14. The van der Waals surface area contributed by atoms with Crippen molar-refractivity contribution in [2.45, 2.75) is 6.04 Å². The number of thiophene rings is 1. The molecule has 0 aliphatic heterocycles. The van der Waals surface area contributed by atoms with Gasteiger partial charge in [0.15, 0.2) is 0 Å². The lowest BCUT2D eigenvalue weighted by molar-refractivity contribution is -0.141. The van der Waals surface area contributed by atoms with E-state index in [2.05, 4.69) is 10.1 Å². The summed E-state index contributed by atoms with van der Waals surface area (Å²) in [4.78, 5) is 22.6. The largest absolute Gasteiger partial charge is 0.468 e. The van der Waals surface area contributed by atoms with Crippen LogP contribution in [0.1, 0.15) is 5.56 Å². The lowest BCUT2D eigenvalue weighted by Crippen LogP contribution is -2.34. The molecule has 0 spiro atoms. The zero-order chi connectivity index (χ0) is 14.3. The maximum absolute atomic E-state index is 11.6. The van der Waals surface area contributed by atoms with Crippen molar-refractivity contribution in [1.82, 2.24) is 0 Å². The molecule has 0 bridgehead atoms. The van der Waals surface area contributed by atoms with Crippen molar-refractivity contribution >= 4 is 40.0 Å². The Labute approximate surface area is 118 Å². The number of anilines is 1. The van der Waals surface area contributed by atoms with Gasteiger partial charge in [-0.15, -0.1) is 23.1 Å². The first-order valence-corrected chi connectivity index (χ1v) is 7.30. The molecule has 102 valence electrons. The molecule has 3 N–H and O–H groups in total. The van der Waals surface area contributed by atoms with Crippen LogP contribution in [0, 0.1) is 11.3 Å². The van der Waals surface area contributed by atoms with Crippen LogP contribution in [0.3, 0.4) is 0 Å². The summed E-state index contributed by atoms with van der Waals surface area (Å²) >= 11 is 2.52. The number of esters is 1. The maximum Gasteiger partial charge on any atom is 0.323 e. The Morgan fingerprint density at radius 1 is 1.68 bits per heavy atom. The van der Waals surface area contributed by atoms with Crippen LogP contribution in [0.25, 0.3) is 0 Å². The molecule has 0 aromatic carbocycles. The molecule has 1 rings (SSSR count). The van der Waals surface area contributed by atoms with Crippen LogP contribution in [0.5, 0.6) is 0 Å². The quantitative estimate of drug-likeness (QED) is 0.752. The van der Waals surface area contributed by atoms with Gasteiger partial charge in [-0.25, -0.2) is 0 Å². The topological polar surface area (TPSA) is 105 Å². The van der Waals surface area contributed by atoms with Crippen molar-refractivity contribution in [1.29, 1.82) is 5.26 Å². The molecule has 6 nitrogen and oxygen atoms in total. The molecule has 0 fully saturated rings. The van der Waals surface area contributed by atoms with Crippen molar-refractivity contribution in [3.8, 4) is 6.07 Å². The third-order valence-electron chi connectivity index (χ3n) is 2.07. The molecule has 1 atom stereocenters. The molecule has 0 aliphatic carbocycles. The minimum absolute atomic E-state index is 0.160. The van der Waals surface area contributed by atoms with Crippen LogP contribution in [0.15, 0.2) is 11.4 Å². The lowest BCUT2D eigenvalue weighted by Gasteiger charge is -2.08. The Morgan fingerprint density at radius 2 is 2.42 bits per heavy atom. The van der Waals surface area contributed by atoms with Gasteiger partial charge in [-0.2, -0.15) is 5.26 Å². The molecule has 0 radical (unpaired) electrons. The highest BCUT2D eigenvalue weighted by Crippen LogP contribution is 2.22. The van der Waals surface area contributed by atoms with E-state index in [0.717, 1.165) is 0 Å². The number of methoxy groups -OCH3 is 1. The molecule has 0 saturated carbocycles. The predicted molar refractivity (Wildman–Crippen MR) is 75.0 cm³/mol. The molecule has 0 aliphatic rings. The smallest absolute Gasteiger partial charge is 0.323 e. The Balaban J connectivity index is 2.33. The Hall–Kier alpha value is -1.56. The number of nitrogens with one attached hydrogen (secondary N) is 1. The predicted octanol–water partition coefficient (Wildman–Crippen LogP) is 0.792. The SMILES string of the molecule is COC(=O)C(N)CSCC(=O)Nc1sccc1C#N. The molecule has 1 aromatic heterocycles. The van der Waals surface area contributed by atoms with Gasteiger partial charge >= 0.3 is 5.97 Å². The summed E-state index contributed by atoms with van der Waals surface area (Å²) in [6.45, 7) is 0. The second-order valence-electron chi connectivity index (χ2n) is 3.47. The van der Waals surface area contributed by atoms with E-state index in [1.165, 1.54) is 30.2 Å². The zero-order valence-electron chi connectivity index (χ0n) is 10.2. The Morgan fingerprint density at radius 3 is 3.05 bits per heavy atom. The molecule has 0 saturated heterocycles. The number of hydrogen-bond acceptors (Lipinski definition) is 7. The van der Waals surface area contributed by atoms with Gasteiger partial charge in [-0.1, -0.05) is 0 Å². The van der Waals surface area contributed by atoms with Crippen molar-refractivity contribution < 1.29 is 14.3 Å². The summed E-state index contributed by atoms with van der Waals surface area (Å²) in [7, 11) is 1.26. The van der Waals surface area contributed by atoms with E-state index >= 15 is 0 Å². The molecule has 8 heteroatoms. The number of carbonyl (C=O) groups is 2. The number of hydrogen-bond donors (Lipinski definition) is 2. The van der Waals surface area contributed by atoms with Gasteiger partial charge in [0.05, 0.1) is 18.4 Å². The van der Waals surface area contributed by atoms with E-state index in [1.807, 2.05) is 6.07 Å². The number of amides is 1. The van der Waals surface area contributed by atoms with E-state index in [9.17, 15) is 9.59 Å². The minimum Gasteiger partial charge on any atom is -0.468 e. The molecule has 1 heterocycles. The van der Waals surface area contributed by atoms with Gasteiger partial charge in [-0.05, 0) is 11.4 Å². The maximum atomic E-state index is 11.6. The summed E-state index contributed by atoms with van der Waals surface area (Å²) in [6, 6.07) is 2.89. The molecule has 1 aromatic rings. The zero-order valence-corrected chi connectivity index (χ0v) is 11.8.